The molecule has 0 spiro atoms. The average molecular weight is 371 g/mol. The first-order valence-corrected chi connectivity index (χ1v) is 7.89. The third-order valence-corrected chi connectivity index (χ3v) is 4.37. The van der Waals surface area contributed by atoms with Crippen molar-refractivity contribution < 1.29 is 27.6 Å². The molecule has 1 heterocycles. The smallest absolute Gasteiger partial charge is 0.423 e. The lowest BCUT2D eigenvalue weighted by atomic mass is 10.1. The second-order valence-electron chi connectivity index (χ2n) is 5.34. The quantitative estimate of drug-likeness (QED) is 0.431. The first kappa shape index (κ1) is 17.3. The number of aryl methyl sites for hydroxylation is 1. The van der Waals surface area contributed by atoms with Crippen LogP contribution in [-0.4, -0.2) is 15.7 Å². The Labute approximate surface area is 143 Å². The molecule has 10 heteroatoms. The summed E-state index contributed by atoms with van der Waals surface area (Å²) in [6.45, 7) is 1.64. The third kappa shape index (κ3) is 3.63. The number of halogens is 3. The van der Waals surface area contributed by atoms with E-state index in [9.17, 15) is 28.1 Å². The van der Waals surface area contributed by atoms with E-state index in [1.807, 2.05) is 0 Å². The van der Waals surface area contributed by atoms with E-state index >= 15 is 0 Å². The fourth-order valence-electron chi connectivity index (χ4n) is 2.15. The highest BCUT2D eigenvalue weighted by molar-refractivity contribution is 7.14. The van der Waals surface area contributed by atoms with Crippen molar-refractivity contribution in [3.63, 3.8) is 0 Å². The van der Waals surface area contributed by atoms with Crippen molar-refractivity contribution in [3.05, 3.63) is 49.7 Å². The molecule has 25 heavy (non-hydrogen) atoms. The van der Waals surface area contributed by atoms with Gasteiger partial charge in [0.15, 0.2) is 5.78 Å². The molecule has 1 aliphatic carbocycles. The number of rotatable bonds is 5. The van der Waals surface area contributed by atoms with Crippen LogP contribution in [0, 0.1) is 23.0 Å². The number of thiazole rings is 1. The van der Waals surface area contributed by atoms with E-state index in [-0.39, 0.29) is 22.3 Å². The molecule has 1 fully saturated rings. The second kappa shape index (κ2) is 6.10. The number of hydrogen-bond donors (Lipinski definition) is 0. The molecule has 0 bridgehead atoms. The number of aromatic nitrogens is 1. The number of benzene rings is 1. The van der Waals surface area contributed by atoms with Crippen LogP contribution in [0.15, 0.2) is 18.2 Å². The van der Waals surface area contributed by atoms with Crippen LogP contribution < -0.4 is 4.74 Å². The Morgan fingerprint density at radius 2 is 2.04 bits per heavy atom. The van der Waals surface area contributed by atoms with E-state index in [4.69, 9.17) is 4.74 Å². The van der Waals surface area contributed by atoms with Crippen LogP contribution in [0.2, 0.25) is 0 Å². The maximum absolute atomic E-state index is 13.0. The number of carbonyl (C=O) groups is 1. The fraction of sp³-hybridized carbons (Fsp3) is 0.267. The minimum absolute atomic E-state index is 0.0890. The molecule has 1 aromatic carbocycles. The maximum Gasteiger partial charge on any atom is 0.423 e. The molecule has 1 saturated carbocycles. The lowest BCUT2D eigenvalue weighted by Crippen LogP contribution is -2.09. The Balaban J connectivity index is 1.96. The summed E-state index contributed by atoms with van der Waals surface area (Å²) >= 11 is 1.09. The predicted molar refractivity (Wildman–Crippen MR) is 81.8 cm³/mol. The molecule has 131 valence electrons. The Hall–Kier alpha value is -2.49. The minimum Gasteiger partial charge on any atom is -0.437 e. The molecule has 2 aromatic rings. The number of hydrogen-bond acceptors (Lipinski definition) is 6. The van der Waals surface area contributed by atoms with Crippen molar-refractivity contribution in [3.8, 4) is 11.6 Å². The first-order chi connectivity index (χ1) is 11.7. The van der Waals surface area contributed by atoms with Gasteiger partial charge in [0.25, 0.3) is 5.69 Å². The topological polar surface area (TPSA) is 82.3 Å². The fourth-order valence-corrected chi connectivity index (χ4v) is 2.98. The van der Waals surface area contributed by atoms with Crippen molar-refractivity contribution >= 4 is 22.8 Å². The Morgan fingerprint density at radius 3 is 2.60 bits per heavy atom. The summed E-state index contributed by atoms with van der Waals surface area (Å²) in [5.74, 6) is 0.124. The number of alkyl halides is 3. The van der Waals surface area contributed by atoms with Crippen LogP contribution in [0.25, 0.3) is 0 Å². The van der Waals surface area contributed by atoms with Gasteiger partial charge in [-0.05, 0) is 25.8 Å². The standard InChI is InChI=1S/C15H10F3N2O4S/c1-7-19-14(13(25-7)12(21)8-2-3-8)24-9-4-5-11(20(22)23)10(6-9)15(16,17)18/h4-6H,2-3H2,1H3. The van der Waals surface area contributed by atoms with E-state index < -0.39 is 22.4 Å². The largest absolute Gasteiger partial charge is 0.437 e. The summed E-state index contributed by atoms with van der Waals surface area (Å²) in [5, 5.41) is 11.3. The molecule has 0 saturated heterocycles. The van der Waals surface area contributed by atoms with Crippen molar-refractivity contribution in [2.75, 3.05) is 0 Å². The Morgan fingerprint density at radius 1 is 1.36 bits per heavy atom. The Bertz CT molecular complexity index is 859. The highest BCUT2D eigenvalue weighted by atomic mass is 32.1. The summed E-state index contributed by atoms with van der Waals surface area (Å²) in [6, 6.07) is 2.29. The summed E-state index contributed by atoms with van der Waals surface area (Å²) in [6.07, 6.45) is -3.54. The monoisotopic (exact) mass is 371 g/mol. The van der Waals surface area contributed by atoms with Gasteiger partial charge in [-0.15, -0.1) is 11.3 Å². The average Bonchev–Trinajstić information content (AvgIpc) is 3.29. The van der Waals surface area contributed by atoms with E-state index in [0.717, 1.165) is 17.4 Å². The SMILES string of the molecule is Cc1nc(Oc2ccc([N+](=O)[O-])c(C(F)(F)F)c2)c(C(=O)[C]2CC2)s1. The van der Waals surface area contributed by atoms with E-state index in [1.165, 1.54) is 0 Å². The van der Waals surface area contributed by atoms with Gasteiger partial charge in [-0.25, -0.2) is 4.98 Å². The molecule has 0 aliphatic heterocycles. The van der Waals surface area contributed by atoms with Crippen molar-refractivity contribution in [2.45, 2.75) is 25.9 Å². The number of nitro groups is 1. The van der Waals surface area contributed by atoms with E-state index in [0.29, 0.717) is 35.9 Å². The van der Waals surface area contributed by atoms with Crippen LogP contribution in [-0.2, 0) is 6.18 Å². The summed E-state index contributed by atoms with van der Waals surface area (Å²) in [4.78, 5) is 26.1. The lowest BCUT2D eigenvalue weighted by molar-refractivity contribution is -0.388. The molecular formula is C15H10F3N2O4S. The number of nitrogens with zero attached hydrogens (tertiary/aromatic N) is 2. The zero-order valence-electron chi connectivity index (χ0n) is 12.7. The minimum atomic E-state index is -4.91. The van der Waals surface area contributed by atoms with E-state index in [1.54, 1.807) is 6.92 Å². The van der Waals surface area contributed by atoms with Gasteiger partial charge < -0.3 is 4.74 Å². The zero-order chi connectivity index (χ0) is 18.4. The lowest BCUT2D eigenvalue weighted by Gasteiger charge is -2.10. The molecule has 3 rings (SSSR count). The second-order valence-corrected chi connectivity index (χ2v) is 6.54. The van der Waals surface area contributed by atoms with Gasteiger partial charge in [-0.1, -0.05) is 0 Å². The van der Waals surface area contributed by atoms with Gasteiger partial charge in [0.05, 0.1) is 9.93 Å². The molecule has 0 unspecified atom stereocenters. The third-order valence-electron chi connectivity index (χ3n) is 3.41. The molecule has 0 atom stereocenters. The van der Waals surface area contributed by atoms with Gasteiger partial charge in [0.1, 0.15) is 16.2 Å². The number of nitro benzene ring substituents is 1. The van der Waals surface area contributed by atoms with Crippen molar-refractivity contribution in [1.82, 2.24) is 4.98 Å². The molecule has 1 aliphatic rings. The molecule has 1 aromatic heterocycles. The van der Waals surface area contributed by atoms with Gasteiger partial charge in [-0.2, -0.15) is 13.2 Å². The van der Waals surface area contributed by atoms with Gasteiger partial charge >= 0.3 is 6.18 Å². The molecule has 0 amide bonds. The highest BCUT2D eigenvalue weighted by Gasteiger charge is 2.39. The van der Waals surface area contributed by atoms with Crippen LogP contribution in [0.1, 0.15) is 33.1 Å². The molecule has 1 radical (unpaired) electrons. The Kier molecular flexibility index (Phi) is 4.23. The molecule has 0 N–H and O–H groups in total. The summed E-state index contributed by atoms with van der Waals surface area (Å²) < 4.78 is 44.4. The number of ether oxygens (including phenoxy) is 1. The van der Waals surface area contributed by atoms with Crippen LogP contribution >= 0.6 is 11.3 Å². The number of carbonyl (C=O) groups excluding carboxylic acids is 1. The van der Waals surface area contributed by atoms with Crippen molar-refractivity contribution in [2.24, 2.45) is 0 Å². The molecular weight excluding hydrogens is 361 g/mol. The zero-order valence-corrected chi connectivity index (χ0v) is 13.5. The van der Waals surface area contributed by atoms with Crippen LogP contribution in [0.4, 0.5) is 18.9 Å². The first-order valence-electron chi connectivity index (χ1n) is 7.07. The van der Waals surface area contributed by atoms with E-state index in [2.05, 4.69) is 4.98 Å². The highest BCUT2D eigenvalue weighted by Crippen LogP contribution is 2.42. The van der Waals surface area contributed by atoms with Crippen LogP contribution in [0.5, 0.6) is 11.6 Å². The van der Waals surface area contributed by atoms with Crippen LogP contribution in [0.3, 0.4) is 0 Å². The summed E-state index contributed by atoms with van der Waals surface area (Å²) in [5.41, 5.74) is -2.49. The normalized spacial score (nSPS) is 14.4. The number of Topliss-reactive ketones (excluding diaryl/α,β-unsaturated/α-hetero) is 1. The van der Waals surface area contributed by atoms with Gasteiger partial charge in [0, 0.05) is 18.1 Å². The van der Waals surface area contributed by atoms with Crippen molar-refractivity contribution in [1.29, 1.82) is 0 Å². The predicted octanol–water partition coefficient (Wildman–Crippen LogP) is 4.72. The summed E-state index contributed by atoms with van der Waals surface area (Å²) in [7, 11) is 0. The molecule has 6 nitrogen and oxygen atoms in total. The van der Waals surface area contributed by atoms with Gasteiger partial charge in [-0.3, -0.25) is 14.9 Å². The maximum atomic E-state index is 13.0. The van der Waals surface area contributed by atoms with Gasteiger partial charge in [0.2, 0.25) is 5.88 Å². The number of ketones is 1.